The maximum atomic E-state index is 11.8. The molecule has 0 aliphatic carbocycles. The van der Waals surface area contributed by atoms with Gasteiger partial charge in [0.05, 0.1) is 5.69 Å². The van der Waals surface area contributed by atoms with Crippen LogP contribution in [0, 0.1) is 0 Å². The molecule has 0 fully saturated rings. The lowest BCUT2D eigenvalue weighted by molar-refractivity contribution is 0.526. The molecule has 0 saturated carbocycles. The third-order valence-corrected chi connectivity index (χ3v) is 4.10. The van der Waals surface area contributed by atoms with Crippen LogP contribution in [0.1, 0.15) is 25.5 Å². The van der Waals surface area contributed by atoms with Gasteiger partial charge in [-0.3, -0.25) is 4.72 Å². The van der Waals surface area contributed by atoms with Crippen LogP contribution in [0.4, 0.5) is 5.69 Å². The van der Waals surface area contributed by atoms with Gasteiger partial charge in [-0.05, 0) is 25.1 Å². The van der Waals surface area contributed by atoms with Gasteiger partial charge in [0.2, 0.25) is 0 Å². The first kappa shape index (κ1) is 14.9. The van der Waals surface area contributed by atoms with Crippen molar-refractivity contribution in [3.05, 3.63) is 29.8 Å². The van der Waals surface area contributed by atoms with Crippen molar-refractivity contribution < 1.29 is 8.42 Å². The first-order chi connectivity index (χ1) is 8.38. The highest BCUT2D eigenvalue weighted by atomic mass is 32.2. The lowest BCUT2D eigenvalue weighted by atomic mass is 10.1. The zero-order valence-electron chi connectivity index (χ0n) is 11.3. The number of hydrogen-bond donors (Lipinski definition) is 2. The van der Waals surface area contributed by atoms with E-state index in [-0.39, 0.29) is 6.04 Å². The molecular formula is C12H21N3O2S. The summed E-state index contributed by atoms with van der Waals surface area (Å²) in [5.41, 5.74) is 1.55. The molecule has 1 unspecified atom stereocenters. The lowest BCUT2D eigenvalue weighted by Gasteiger charge is -2.20. The summed E-state index contributed by atoms with van der Waals surface area (Å²) < 4.78 is 27.4. The second-order valence-corrected chi connectivity index (χ2v) is 6.14. The number of para-hydroxylation sites is 1. The van der Waals surface area contributed by atoms with Crippen LogP contribution in [0.25, 0.3) is 0 Å². The zero-order valence-corrected chi connectivity index (χ0v) is 12.1. The summed E-state index contributed by atoms with van der Waals surface area (Å²) in [5, 5.41) is 3.27. The molecule has 18 heavy (non-hydrogen) atoms. The molecule has 102 valence electrons. The highest BCUT2D eigenvalue weighted by Crippen LogP contribution is 2.23. The summed E-state index contributed by atoms with van der Waals surface area (Å²) in [6.45, 7) is 4.85. The summed E-state index contributed by atoms with van der Waals surface area (Å²) in [6.07, 6.45) is 0. The summed E-state index contributed by atoms with van der Waals surface area (Å²) >= 11 is 0. The number of hydrogen-bond acceptors (Lipinski definition) is 3. The fraction of sp³-hybridized carbons (Fsp3) is 0.500. The minimum atomic E-state index is -3.47. The molecule has 5 nitrogen and oxygen atoms in total. The van der Waals surface area contributed by atoms with Crippen LogP contribution in [0.2, 0.25) is 0 Å². The van der Waals surface area contributed by atoms with Crippen LogP contribution >= 0.6 is 0 Å². The molecule has 1 rings (SSSR count). The smallest absolute Gasteiger partial charge is 0.301 e. The van der Waals surface area contributed by atoms with Gasteiger partial charge < -0.3 is 5.32 Å². The van der Waals surface area contributed by atoms with Gasteiger partial charge in [-0.15, -0.1) is 0 Å². The van der Waals surface area contributed by atoms with E-state index in [4.69, 9.17) is 0 Å². The Kier molecular flexibility index (Phi) is 5.13. The van der Waals surface area contributed by atoms with Gasteiger partial charge in [0, 0.05) is 20.1 Å². The Balaban J connectivity index is 3.03. The van der Waals surface area contributed by atoms with Crippen molar-refractivity contribution in [3.63, 3.8) is 0 Å². The van der Waals surface area contributed by atoms with E-state index < -0.39 is 10.2 Å². The van der Waals surface area contributed by atoms with Crippen molar-refractivity contribution in [2.75, 3.05) is 25.4 Å². The maximum Gasteiger partial charge on any atom is 0.301 e. The number of nitrogens with zero attached hydrogens (tertiary/aromatic N) is 1. The second-order valence-electron chi connectivity index (χ2n) is 4.26. The topological polar surface area (TPSA) is 61.4 Å². The van der Waals surface area contributed by atoms with Crippen LogP contribution in [0.3, 0.4) is 0 Å². The van der Waals surface area contributed by atoms with Gasteiger partial charge in [-0.2, -0.15) is 12.7 Å². The Hall–Kier alpha value is -1.11. The Bertz CT molecular complexity index is 486. The number of rotatable bonds is 6. The second kappa shape index (κ2) is 6.17. The summed E-state index contributed by atoms with van der Waals surface area (Å²) in [5.74, 6) is 0. The van der Waals surface area contributed by atoms with Crippen LogP contribution in [0.15, 0.2) is 24.3 Å². The molecule has 0 aliphatic rings. The first-order valence-electron chi connectivity index (χ1n) is 5.91. The van der Waals surface area contributed by atoms with Gasteiger partial charge in [-0.25, -0.2) is 0 Å². The minimum Gasteiger partial charge on any atom is -0.310 e. The summed E-state index contributed by atoms with van der Waals surface area (Å²) in [7, 11) is -0.469. The van der Waals surface area contributed by atoms with Gasteiger partial charge in [0.1, 0.15) is 0 Å². The Morgan fingerprint density at radius 2 is 1.89 bits per heavy atom. The highest BCUT2D eigenvalue weighted by molar-refractivity contribution is 7.90. The van der Waals surface area contributed by atoms with E-state index in [2.05, 4.69) is 10.0 Å². The van der Waals surface area contributed by atoms with E-state index in [1.165, 1.54) is 14.1 Å². The lowest BCUT2D eigenvalue weighted by Crippen LogP contribution is -2.30. The predicted molar refractivity (Wildman–Crippen MR) is 74.8 cm³/mol. The quantitative estimate of drug-likeness (QED) is 0.825. The normalized spacial score (nSPS) is 13.6. The number of nitrogens with one attached hydrogen (secondary N) is 2. The minimum absolute atomic E-state index is 0.0936. The number of anilines is 1. The highest BCUT2D eigenvalue weighted by Gasteiger charge is 2.16. The average molecular weight is 271 g/mol. The molecule has 6 heteroatoms. The van der Waals surface area contributed by atoms with E-state index in [1.807, 2.05) is 32.0 Å². The molecule has 0 heterocycles. The van der Waals surface area contributed by atoms with Crippen molar-refractivity contribution in [2.45, 2.75) is 19.9 Å². The Morgan fingerprint density at radius 1 is 1.28 bits per heavy atom. The van der Waals surface area contributed by atoms with E-state index in [1.54, 1.807) is 6.07 Å². The van der Waals surface area contributed by atoms with Crippen molar-refractivity contribution in [1.82, 2.24) is 9.62 Å². The third-order valence-electron chi connectivity index (χ3n) is 2.66. The van der Waals surface area contributed by atoms with Gasteiger partial charge in [0.15, 0.2) is 0 Å². The fourth-order valence-electron chi connectivity index (χ4n) is 1.61. The largest absolute Gasteiger partial charge is 0.310 e. The first-order valence-corrected chi connectivity index (χ1v) is 7.35. The van der Waals surface area contributed by atoms with Crippen LogP contribution < -0.4 is 10.0 Å². The monoisotopic (exact) mass is 271 g/mol. The molecular weight excluding hydrogens is 250 g/mol. The Labute approximate surface area is 109 Å². The molecule has 0 bridgehead atoms. The van der Waals surface area contributed by atoms with E-state index in [0.717, 1.165) is 16.4 Å². The van der Waals surface area contributed by atoms with Gasteiger partial charge in [0.25, 0.3) is 0 Å². The maximum absolute atomic E-state index is 11.8. The van der Waals surface area contributed by atoms with Crippen LogP contribution in [0.5, 0.6) is 0 Å². The number of benzene rings is 1. The summed E-state index contributed by atoms with van der Waals surface area (Å²) in [6, 6.07) is 7.49. The van der Waals surface area contributed by atoms with Crippen molar-refractivity contribution in [1.29, 1.82) is 0 Å². The SMILES string of the molecule is CCNC(C)c1ccccc1NS(=O)(=O)N(C)C. The molecule has 0 spiro atoms. The molecule has 1 atom stereocenters. The van der Waals surface area contributed by atoms with E-state index in [0.29, 0.717) is 5.69 Å². The fourth-order valence-corrected chi connectivity index (χ4v) is 2.26. The van der Waals surface area contributed by atoms with E-state index in [9.17, 15) is 8.42 Å². The van der Waals surface area contributed by atoms with Crippen molar-refractivity contribution >= 4 is 15.9 Å². The van der Waals surface area contributed by atoms with Crippen LogP contribution in [-0.4, -0.2) is 33.4 Å². The standard InChI is InChI=1S/C12H21N3O2S/c1-5-13-10(2)11-8-6-7-9-12(11)14-18(16,17)15(3)4/h6-10,13-14H,5H2,1-4H3. The molecule has 0 saturated heterocycles. The molecule has 2 N–H and O–H groups in total. The van der Waals surface area contributed by atoms with Crippen molar-refractivity contribution in [2.24, 2.45) is 0 Å². The van der Waals surface area contributed by atoms with Crippen molar-refractivity contribution in [3.8, 4) is 0 Å². The molecule has 0 aromatic heterocycles. The third kappa shape index (κ3) is 3.69. The Morgan fingerprint density at radius 3 is 2.44 bits per heavy atom. The van der Waals surface area contributed by atoms with Gasteiger partial charge >= 0.3 is 10.2 Å². The van der Waals surface area contributed by atoms with E-state index >= 15 is 0 Å². The average Bonchev–Trinajstić information content (AvgIpc) is 2.29. The molecule has 1 aromatic rings. The van der Waals surface area contributed by atoms with Gasteiger partial charge in [-0.1, -0.05) is 25.1 Å². The molecule has 0 aliphatic heterocycles. The predicted octanol–water partition coefficient (Wildman–Crippen LogP) is 1.58. The molecule has 0 radical (unpaired) electrons. The van der Waals surface area contributed by atoms with Crippen LogP contribution in [-0.2, 0) is 10.2 Å². The molecule has 0 amide bonds. The zero-order chi connectivity index (χ0) is 13.8. The molecule has 1 aromatic carbocycles. The summed E-state index contributed by atoms with van der Waals surface area (Å²) in [4.78, 5) is 0.